The van der Waals surface area contributed by atoms with Crippen LogP contribution in [0.5, 0.6) is 0 Å². The van der Waals surface area contributed by atoms with Crippen LogP contribution in [0.4, 0.5) is 0 Å². The van der Waals surface area contributed by atoms with Crippen LogP contribution in [-0.4, -0.2) is 48.4 Å². The van der Waals surface area contributed by atoms with Crippen LogP contribution in [0.15, 0.2) is 0 Å². The third-order valence-corrected chi connectivity index (χ3v) is 3.56. The molecule has 2 amide bonds. The number of amides is 2. The number of hydrogen-bond donors (Lipinski definition) is 2. The summed E-state index contributed by atoms with van der Waals surface area (Å²) in [5, 5.41) is 14.7. The van der Waals surface area contributed by atoms with E-state index in [4.69, 9.17) is 5.26 Å². The van der Waals surface area contributed by atoms with Crippen LogP contribution in [-0.2, 0) is 9.59 Å². The van der Waals surface area contributed by atoms with Crippen molar-refractivity contribution in [3.63, 3.8) is 0 Å². The third kappa shape index (κ3) is 5.17. The smallest absolute Gasteiger partial charge is 0.235 e. The number of carbonyl (C=O) groups is 2. The summed E-state index contributed by atoms with van der Waals surface area (Å²) in [6.45, 7) is 5.76. The number of rotatable bonds is 7. The molecule has 0 bridgehead atoms. The van der Waals surface area contributed by atoms with Gasteiger partial charge in [-0.1, -0.05) is 13.8 Å². The average molecular weight is 280 g/mol. The molecule has 1 aliphatic rings. The first-order chi connectivity index (χ1) is 9.26. The molecule has 1 aliphatic carbocycles. The van der Waals surface area contributed by atoms with Gasteiger partial charge in [-0.05, 0) is 32.7 Å². The van der Waals surface area contributed by atoms with Crippen LogP contribution in [0, 0.1) is 17.2 Å². The minimum atomic E-state index is -0.881. The largest absolute Gasteiger partial charge is 0.352 e. The second kappa shape index (κ2) is 6.71. The lowest BCUT2D eigenvalue weighted by molar-refractivity contribution is -0.125. The molecule has 20 heavy (non-hydrogen) atoms. The number of nitriles is 1. The molecule has 112 valence electrons. The van der Waals surface area contributed by atoms with Gasteiger partial charge >= 0.3 is 0 Å². The Morgan fingerprint density at radius 3 is 2.35 bits per heavy atom. The van der Waals surface area contributed by atoms with Gasteiger partial charge in [0.05, 0.1) is 19.2 Å². The Bertz CT molecular complexity index is 412. The molecule has 1 saturated carbocycles. The minimum absolute atomic E-state index is 0.0138. The van der Waals surface area contributed by atoms with E-state index >= 15 is 0 Å². The van der Waals surface area contributed by atoms with Crippen LogP contribution in [0.25, 0.3) is 0 Å². The summed E-state index contributed by atoms with van der Waals surface area (Å²) in [7, 11) is 1.71. The molecule has 0 saturated heterocycles. The van der Waals surface area contributed by atoms with Gasteiger partial charge in [0.2, 0.25) is 11.8 Å². The molecule has 1 rings (SSSR count). The van der Waals surface area contributed by atoms with E-state index in [1.807, 2.05) is 13.8 Å². The standard InChI is InChI=1S/C14H24N4O2/c1-10(2)14(3,9-15)17-13(20)8-18(4)7-12(19)16-11-5-6-11/h10-11H,5-8H2,1-4H3,(H,16,19)(H,17,20)/t14-/m1/s1. The highest BCUT2D eigenvalue weighted by Crippen LogP contribution is 2.18. The van der Waals surface area contributed by atoms with Gasteiger partial charge in [0.25, 0.3) is 0 Å². The molecule has 0 heterocycles. The van der Waals surface area contributed by atoms with E-state index in [-0.39, 0.29) is 30.8 Å². The second-order valence-electron chi connectivity index (χ2n) is 6.03. The fourth-order valence-corrected chi connectivity index (χ4v) is 1.68. The highest BCUT2D eigenvalue weighted by Gasteiger charge is 2.30. The quantitative estimate of drug-likeness (QED) is 0.700. The zero-order valence-electron chi connectivity index (χ0n) is 12.7. The molecular formula is C14H24N4O2. The summed E-state index contributed by atoms with van der Waals surface area (Å²) in [4.78, 5) is 25.2. The lowest BCUT2D eigenvalue weighted by atomic mass is 9.90. The van der Waals surface area contributed by atoms with Gasteiger partial charge in [-0.15, -0.1) is 0 Å². The Morgan fingerprint density at radius 2 is 1.90 bits per heavy atom. The van der Waals surface area contributed by atoms with Crippen molar-refractivity contribution in [1.29, 1.82) is 5.26 Å². The first kappa shape index (κ1) is 16.4. The molecule has 0 aromatic heterocycles. The lowest BCUT2D eigenvalue weighted by Crippen LogP contribution is -2.52. The summed E-state index contributed by atoms with van der Waals surface area (Å²) >= 11 is 0. The van der Waals surface area contributed by atoms with E-state index in [1.54, 1.807) is 18.9 Å². The molecule has 0 aromatic carbocycles. The van der Waals surface area contributed by atoms with Gasteiger partial charge in [-0.3, -0.25) is 14.5 Å². The molecular weight excluding hydrogens is 256 g/mol. The molecule has 0 radical (unpaired) electrons. The van der Waals surface area contributed by atoms with E-state index in [0.29, 0.717) is 6.04 Å². The van der Waals surface area contributed by atoms with E-state index in [1.165, 1.54) is 0 Å². The third-order valence-electron chi connectivity index (χ3n) is 3.56. The molecule has 1 atom stereocenters. The number of hydrogen-bond acceptors (Lipinski definition) is 4. The lowest BCUT2D eigenvalue weighted by Gasteiger charge is -2.28. The van der Waals surface area contributed by atoms with Crippen molar-refractivity contribution in [3.8, 4) is 6.07 Å². The molecule has 0 aliphatic heterocycles. The Labute approximate surface area is 120 Å². The van der Waals surface area contributed by atoms with Crippen LogP contribution < -0.4 is 10.6 Å². The maximum absolute atomic E-state index is 11.9. The number of nitrogens with zero attached hydrogens (tertiary/aromatic N) is 2. The Morgan fingerprint density at radius 1 is 1.35 bits per heavy atom. The van der Waals surface area contributed by atoms with Gasteiger partial charge in [0, 0.05) is 6.04 Å². The number of likely N-dealkylation sites (N-methyl/N-ethyl adjacent to an activating group) is 1. The van der Waals surface area contributed by atoms with E-state index in [0.717, 1.165) is 12.8 Å². The Kier molecular flexibility index (Phi) is 5.52. The fourth-order valence-electron chi connectivity index (χ4n) is 1.68. The topological polar surface area (TPSA) is 85.2 Å². The van der Waals surface area contributed by atoms with Gasteiger partial charge in [0.1, 0.15) is 5.54 Å². The highest BCUT2D eigenvalue weighted by molar-refractivity contribution is 5.82. The van der Waals surface area contributed by atoms with Crippen LogP contribution in [0.1, 0.15) is 33.6 Å². The zero-order chi connectivity index (χ0) is 15.3. The molecule has 6 heteroatoms. The number of nitrogens with one attached hydrogen (secondary N) is 2. The van der Waals surface area contributed by atoms with E-state index in [9.17, 15) is 9.59 Å². The highest BCUT2D eigenvalue weighted by atomic mass is 16.2. The zero-order valence-corrected chi connectivity index (χ0v) is 12.7. The van der Waals surface area contributed by atoms with Crippen molar-refractivity contribution in [2.75, 3.05) is 20.1 Å². The maximum Gasteiger partial charge on any atom is 0.235 e. The first-order valence-corrected chi connectivity index (χ1v) is 6.97. The summed E-state index contributed by atoms with van der Waals surface area (Å²) in [5.41, 5.74) is -0.881. The SMILES string of the molecule is CC(C)[C@@](C)(C#N)NC(=O)CN(C)CC(=O)NC1CC1. The van der Waals surface area contributed by atoms with Crippen LogP contribution >= 0.6 is 0 Å². The van der Waals surface area contributed by atoms with E-state index in [2.05, 4.69) is 16.7 Å². The predicted molar refractivity (Wildman–Crippen MR) is 75.7 cm³/mol. The first-order valence-electron chi connectivity index (χ1n) is 6.97. The second-order valence-corrected chi connectivity index (χ2v) is 6.03. The molecule has 2 N–H and O–H groups in total. The predicted octanol–water partition coefficient (Wildman–Crippen LogP) is 0.251. The van der Waals surface area contributed by atoms with Crippen molar-refractivity contribution in [2.24, 2.45) is 5.92 Å². The van der Waals surface area contributed by atoms with Crippen LogP contribution in [0.3, 0.4) is 0 Å². The van der Waals surface area contributed by atoms with Crippen molar-refractivity contribution >= 4 is 11.8 Å². The van der Waals surface area contributed by atoms with Crippen molar-refractivity contribution < 1.29 is 9.59 Å². The van der Waals surface area contributed by atoms with E-state index < -0.39 is 5.54 Å². The fraction of sp³-hybridized carbons (Fsp3) is 0.786. The monoisotopic (exact) mass is 280 g/mol. The van der Waals surface area contributed by atoms with Crippen molar-refractivity contribution in [3.05, 3.63) is 0 Å². The summed E-state index contributed by atoms with van der Waals surface area (Å²) in [5.74, 6) is -0.293. The van der Waals surface area contributed by atoms with Gasteiger partial charge < -0.3 is 10.6 Å². The van der Waals surface area contributed by atoms with Crippen molar-refractivity contribution in [1.82, 2.24) is 15.5 Å². The van der Waals surface area contributed by atoms with Gasteiger partial charge in [0.15, 0.2) is 0 Å². The average Bonchev–Trinajstić information content (AvgIpc) is 3.11. The Balaban J connectivity index is 2.37. The molecule has 0 spiro atoms. The minimum Gasteiger partial charge on any atom is -0.352 e. The maximum atomic E-state index is 11.9. The van der Waals surface area contributed by atoms with Crippen LogP contribution in [0.2, 0.25) is 0 Å². The summed E-state index contributed by atoms with van der Waals surface area (Å²) in [6.07, 6.45) is 2.09. The number of carbonyl (C=O) groups excluding carboxylic acids is 2. The molecule has 1 fully saturated rings. The van der Waals surface area contributed by atoms with Crippen molar-refractivity contribution in [2.45, 2.75) is 45.2 Å². The Hall–Kier alpha value is -1.61. The molecule has 0 unspecified atom stereocenters. The molecule has 0 aromatic rings. The summed E-state index contributed by atoms with van der Waals surface area (Å²) in [6, 6.07) is 2.45. The van der Waals surface area contributed by atoms with Gasteiger partial charge in [-0.25, -0.2) is 0 Å². The normalized spacial score (nSPS) is 17.4. The molecule has 6 nitrogen and oxygen atoms in total. The van der Waals surface area contributed by atoms with Gasteiger partial charge in [-0.2, -0.15) is 5.26 Å². The summed E-state index contributed by atoms with van der Waals surface area (Å²) < 4.78 is 0.